The van der Waals surface area contributed by atoms with E-state index < -0.39 is 5.97 Å². The number of nitrogens with zero attached hydrogens (tertiary/aromatic N) is 2. The first-order chi connectivity index (χ1) is 9.56. The molecule has 0 spiro atoms. The third kappa shape index (κ3) is 2.61. The summed E-state index contributed by atoms with van der Waals surface area (Å²) in [4.78, 5) is 14.1. The second-order valence-electron chi connectivity index (χ2n) is 5.43. The summed E-state index contributed by atoms with van der Waals surface area (Å²) in [5.41, 5.74) is 6.69. The van der Waals surface area contributed by atoms with Crippen LogP contribution in [0.1, 0.15) is 49.9 Å². The van der Waals surface area contributed by atoms with Crippen LogP contribution in [0.5, 0.6) is 0 Å². The first-order valence-corrected chi connectivity index (χ1v) is 7.92. The maximum atomic E-state index is 11.8. The van der Waals surface area contributed by atoms with E-state index in [1.807, 2.05) is 0 Å². The number of esters is 1. The number of ether oxygens (including phenoxy) is 1. The van der Waals surface area contributed by atoms with Crippen molar-refractivity contribution in [3.63, 3.8) is 0 Å². The average molecular weight is 297 g/mol. The molecule has 0 bridgehead atoms. The first kappa shape index (κ1) is 15.1. The molecule has 5 nitrogen and oxygen atoms in total. The van der Waals surface area contributed by atoms with E-state index in [0.717, 1.165) is 30.9 Å². The Kier molecular flexibility index (Phi) is 4.52. The lowest BCUT2D eigenvalue weighted by atomic mass is 9.74. The van der Waals surface area contributed by atoms with E-state index in [2.05, 4.69) is 23.1 Å². The van der Waals surface area contributed by atoms with Gasteiger partial charge in [-0.25, -0.2) is 4.79 Å². The summed E-state index contributed by atoms with van der Waals surface area (Å²) < 4.78 is 8.93. The molecule has 6 heteroatoms. The lowest BCUT2D eigenvalue weighted by Gasteiger charge is -2.41. The molecule has 20 heavy (non-hydrogen) atoms. The number of carbonyl (C=O) groups is 1. The fourth-order valence-electron chi connectivity index (χ4n) is 2.94. The van der Waals surface area contributed by atoms with Crippen LogP contribution in [0.2, 0.25) is 0 Å². The van der Waals surface area contributed by atoms with Crippen LogP contribution in [0.3, 0.4) is 0 Å². The molecule has 0 saturated carbocycles. The molecule has 1 saturated heterocycles. The van der Waals surface area contributed by atoms with Crippen molar-refractivity contribution in [2.24, 2.45) is 5.41 Å². The van der Waals surface area contributed by atoms with Gasteiger partial charge in [0.2, 0.25) is 0 Å². The van der Waals surface area contributed by atoms with Crippen LogP contribution >= 0.6 is 11.5 Å². The fraction of sp³-hybridized carbons (Fsp3) is 0.714. The van der Waals surface area contributed by atoms with Gasteiger partial charge in [-0.2, -0.15) is 4.37 Å². The Morgan fingerprint density at radius 3 is 2.50 bits per heavy atom. The van der Waals surface area contributed by atoms with Crippen molar-refractivity contribution in [2.45, 2.75) is 39.5 Å². The highest BCUT2D eigenvalue weighted by Gasteiger charge is 2.34. The van der Waals surface area contributed by atoms with Crippen LogP contribution in [0, 0.1) is 5.41 Å². The van der Waals surface area contributed by atoms with Crippen molar-refractivity contribution in [3.05, 3.63) is 5.56 Å². The molecule has 0 unspecified atom stereocenters. The predicted octanol–water partition coefficient (Wildman–Crippen LogP) is 2.92. The number of nitrogen functional groups attached to an aromatic ring is 1. The van der Waals surface area contributed by atoms with Gasteiger partial charge in [-0.3, -0.25) is 0 Å². The minimum absolute atomic E-state index is 0.277. The lowest BCUT2D eigenvalue weighted by molar-refractivity contribution is 0.0602. The summed E-state index contributed by atoms with van der Waals surface area (Å²) >= 11 is 1.29. The van der Waals surface area contributed by atoms with Crippen LogP contribution < -0.4 is 10.6 Å². The van der Waals surface area contributed by atoms with E-state index in [1.54, 1.807) is 0 Å². The molecular weight excluding hydrogens is 274 g/mol. The largest absolute Gasteiger partial charge is 0.465 e. The van der Waals surface area contributed by atoms with Gasteiger partial charge in [0, 0.05) is 13.1 Å². The average Bonchev–Trinajstić information content (AvgIpc) is 2.88. The van der Waals surface area contributed by atoms with Gasteiger partial charge in [0.15, 0.2) is 5.82 Å². The highest BCUT2D eigenvalue weighted by atomic mass is 32.1. The van der Waals surface area contributed by atoms with Crippen molar-refractivity contribution >= 4 is 28.3 Å². The third-order valence-corrected chi connectivity index (χ3v) is 5.62. The normalized spacial score (nSPS) is 18.1. The van der Waals surface area contributed by atoms with Gasteiger partial charge in [-0.15, -0.1) is 0 Å². The Balaban J connectivity index is 2.17. The zero-order valence-electron chi connectivity index (χ0n) is 12.4. The Hall–Kier alpha value is -1.30. The van der Waals surface area contributed by atoms with E-state index in [-0.39, 0.29) is 5.82 Å². The van der Waals surface area contributed by atoms with Crippen LogP contribution in [0.25, 0.3) is 0 Å². The van der Waals surface area contributed by atoms with Crippen LogP contribution in [-0.4, -0.2) is 30.5 Å². The van der Waals surface area contributed by atoms with Crippen molar-refractivity contribution in [1.82, 2.24) is 4.37 Å². The molecule has 1 aliphatic rings. The van der Waals surface area contributed by atoms with E-state index in [4.69, 9.17) is 10.5 Å². The van der Waals surface area contributed by atoms with Gasteiger partial charge in [-0.05, 0) is 29.8 Å². The smallest absolute Gasteiger partial charge is 0.344 e. The lowest BCUT2D eigenvalue weighted by Crippen LogP contribution is -2.39. The number of carbonyl (C=O) groups excluding carboxylic acids is 1. The predicted molar refractivity (Wildman–Crippen MR) is 82.3 cm³/mol. The molecule has 2 N–H and O–H groups in total. The second-order valence-corrected chi connectivity index (χ2v) is 6.19. The second kappa shape index (κ2) is 5.99. The molecule has 2 rings (SSSR count). The van der Waals surface area contributed by atoms with Crippen molar-refractivity contribution in [2.75, 3.05) is 30.8 Å². The van der Waals surface area contributed by atoms with Crippen LogP contribution in [-0.2, 0) is 4.74 Å². The topological polar surface area (TPSA) is 68.5 Å². The SMILES string of the molecule is CCC1(CC)CCN(c2snc(N)c2C(=O)OC)CC1. The third-order valence-electron chi connectivity index (χ3n) is 4.70. The maximum absolute atomic E-state index is 11.8. The molecule has 0 aliphatic carbocycles. The molecular formula is C14H23N3O2S. The fourth-order valence-corrected chi connectivity index (χ4v) is 3.80. The number of anilines is 2. The number of methoxy groups -OCH3 is 1. The highest BCUT2D eigenvalue weighted by Crippen LogP contribution is 2.41. The Morgan fingerprint density at radius 2 is 2.00 bits per heavy atom. The van der Waals surface area contributed by atoms with E-state index in [1.165, 1.54) is 31.5 Å². The molecule has 0 amide bonds. The number of aromatic nitrogens is 1. The highest BCUT2D eigenvalue weighted by molar-refractivity contribution is 7.11. The molecule has 0 radical (unpaired) electrons. The van der Waals surface area contributed by atoms with Gasteiger partial charge in [0.05, 0.1) is 7.11 Å². The summed E-state index contributed by atoms with van der Waals surface area (Å²) in [6, 6.07) is 0. The van der Waals surface area contributed by atoms with Crippen LogP contribution in [0.15, 0.2) is 0 Å². The first-order valence-electron chi connectivity index (χ1n) is 7.15. The molecule has 1 fully saturated rings. The van der Waals surface area contributed by atoms with E-state index in [0.29, 0.717) is 11.0 Å². The Bertz CT molecular complexity index is 473. The van der Waals surface area contributed by atoms with Crippen LogP contribution in [0.4, 0.5) is 10.8 Å². The van der Waals surface area contributed by atoms with Crippen molar-refractivity contribution < 1.29 is 9.53 Å². The maximum Gasteiger partial charge on any atom is 0.344 e. The number of hydrogen-bond donors (Lipinski definition) is 1. The molecule has 2 heterocycles. The van der Waals surface area contributed by atoms with Gasteiger partial charge >= 0.3 is 5.97 Å². The van der Waals surface area contributed by atoms with E-state index >= 15 is 0 Å². The zero-order valence-corrected chi connectivity index (χ0v) is 13.3. The Labute approximate surface area is 124 Å². The quantitative estimate of drug-likeness (QED) is 0.865. The Morgan fingerprint density at radius 1 is 1.40 bits per heavy atom. The van der Waals surface area contributed by atoms with Gasteiger partial charge in [0.25, 0.3) is 0 Å². The number of piperidine rings is 1. The summed E-state index contributed by atoms with van der Waals surface area (Å²) in [5.74, 6) is -0.117. The standard InChI is InChI=1S/C14H23N3O2S/c1-4-14(5-2)6-8-17(9-7-14)12-10(13(18)19-3)11(15)16-20-12/h4-9H2,1-3H3,(H2,15,16). The molecule has 112 valence electrons. The van der Waals surface area contributed by atoms with Gasteiger partial charge in [0.1, 0.15) is 10.6 Å². The molecule has 0 aromatic carbocycles. The monoisotopic (exact) mass is 297 g/mol. The number of nitrogens with two attached hydrogens (primary N) is 1. The summed E-state index contributed by atoms with van der Waals surface area (Å²) in [6.45, 7) is 6.44. The molecule has 1 aromatic rings. The van der Waals surface area contributed by atoms with Crippen molar-refractivity contribution in [1.29, 1.82) is 0 Å². The summed E-state index contributed by atoms with van der Waals surface area (Å²) in [6.07, 6.45) is 4.73. The number of hydrogen-bond acceptors (Lipinski definition) is 6. The minimum atomic E-state index is -0.394. The van der Waals surface area contributed by atoms with Crippen molar-refractivity contribution in [3.8, 4) is 0 Å². The number of rotatable bonds is 4. The molecule has 1 aliphatic heterocycles. The van der Waals surface area contributed by atoms with Gasteiger partial charge < -0.3 is 15.4 Å². The van der Waals surface area contributed by atoms with E-state index in [9.17, 15) is 4.79 Å². The molecule has 1 aromatic heterocycles. The minimum Gasteiger partial charge on any atom is -0.465 e. The molecule has 0 atom stereocenters. The van der Waals surface area contributed by atoms with Gasteiger partial charge in [-0.1, -0.05) is 26.7 Å². The zero-order chi connectivity index (χ0) is 14.8. The summed E-state index contributed by atoms with van der Waals surface area (Å²) in [5, 5.41) is 0.857. The summed E-state index contributed by atoms with van der Waals surface area (Å²) in [7, 11) is 1.37.